The number of anilines is 1. The average Bonchev–Trinajstić information content (AvgIpc) is 3.36. The summed E-state index contributed by atoms with van der Waals surface area (Å²) in [5.74, 6) is 1.10. The van der Waals surface area contributed by atoms with Gasteiger partial charge in [0.25, 0.3) is 0 Å². The van der Waals surface area contributed by atoms with Crippen molar-refractivity contribution in [2.45, 2.75) is 51.2 Å². The van der Waals surface area contributed by atoms with Crippen LogP contribution in [0.25, 0.3) is 0 Å². The van der Waals surface area contributed by atoms with Crippen LogP contribution in [0.15, 0.2) is 29.3 Å². The fourth-order valence-corrected chi connectivity index (χ4v) is 3.61. The lowest BCUT2D eigenvalue weighted by atomic mass is 10.1. The number of aliphatic imine (C=N–C) groups is 1. The lowest BCUT2D eigenvalue weighted by Crippen LogP contribution is -2.40. The third kappa shape index (κ3) is 5.46. The molecule has 0 radical (unpaired) electrons. The predicted octanol–water partition coefficient (Wildman–Crippen LogP) is 2.66. The van der Waals surface area contributed by atoms with Gasteiger partial charge in [-0.2, -0.15) is 0 Å². The second-order valence-electron chi connectivity index (χ2n) is 7.11. The van der Waals surface area contributed by atoms with E-state index in [0.717, 1.165) is 56.0 Å². The minimum absolute atomic E-state index is 0.154. The minimum Gasteiger partial charge on any atom is -0.376 e. The first-order chi connectivity index (χ1) is 12.7. The molecule has 1 saturated heterocycles. The van der Waals surface area contributed by atoms with Gasteiger partial charge in [-0.15, -0.1) is 0 Å². The zero-order valence-electron chi connectivity index (χ0n) is 15.6. The van der Waals surface area contributed by atoms with E-state index in [9.17, 15) is 4.79 Å². The van der Waals surface area contributed by atoms with Gasteiger partial charge < -0.3 is 20.7 Å². The van der Waals surface area contributed by atoms with Crippen molar-refractivity contribution in [3.05, 3.63) is 29.8 Å². The number of benzene rings is 1. The van der Waals surface area contributed by atoms with E-state index in [1.807, 2.05) is 24.3 Å². The van der Waals surface area contributed by atoms with Gasteiger partial charge in [-0.25, -0.2) is 0 Å². The fraction of sp³-hybridized carbons (Fsp3) is 0.600. The number of hydrogen-bond acceptors (Lipinski definition) is 3. The number of ether oxygens (including phenoxy) is 1. The van der Waals surface area contributed by atoms with E-state index in [2.05, 4.69) is 20.9 Å². The Bertz CT molecular complexity index is 620. The lowest BCUT2D eigenvalue weighted by molar-refractivity contribution is -0.119. The monoisotopic (exact) mass is 358 g/mol. The number of hydrogen-bond donors (Lipinski definition) is 3. The summed E-state index contributed by atoms with van der Waals surface area (Å²) >= 11 is 0. The average molecular weight is 358 g/mol. The molecule has 1 atom stereocenters. The highest BCUT2D eigenvalue weighted by Crippen LogP contribution is 2.26. The smallest absolute Gasteiger partial charge is 0.227 e. The second kappa shape index (κ2) is 9.57. The van der Waals surface area contributed by atoms with Crippen LogP contribution in [-0.4, -0.2) is 38.2 Å². The number of nitrogens with zero attached hydrogens (tertiary/aromatic N) is 1. The van der Waals surface area contributed by atoms with Gasteiger partial charge in [0.1, 0.15) is 0 Å². The second-order valence-corrected chi connectivity index (χ2v) is 7.11. The molecule has 2 aliphatic rings. The van der Waals surface area contributed by atoms with Crippen LogP contribution in [-0.2, 0) is 16.1 Å². The van der Waals surface area contributed by atoms with E-state index in [1.54, 1.807) is 7.05 Å². The summed E-state index contributed by atoms with van der Waals surface area (Å²) in [5.41, 5.74) is 1.97. The van der Waals surface area contributed by atoms with Crippen molar-refractivity contribution in [2.75, 3.05) is 25.5 Å². The highest BCUT2D eigenvalue weighted by Gasteiger charge is 2.22. The molecular weight excluding hydrogens is 328 g/mol. The zero-order chi connectivity index (χ0) is 18.2. The van der Waals surface area contributed by atoms with E-state index in [4.69, 9.17) is 4.74 Å². The molecule has 1 saturated carbocycles. The van der Waals surface area contributed by atoms with Crippen LogP contribution < -0.4 is 16.0 Å². The maximum atomic E-state index is 12.3. The number of nitrogens with one attached hydrogen (secondary N) is 3. The Labute approximate surface area is 155 Å². The summed E-state index contributed by atoms with van der Waals surface area (Å²) in [6.45, 7) is 2.28. The van der Waals surface area contributed by atoms with Crippen LogP contribution in [0.3, 0.4) is 0 Å². The van der Waals surface area contributed by atoms with Gasteiger partial charge in [0, 0.05) is 38.3 Å². The van der Waals surface area contributed by atoms with Gasteiger partial charge in [0.15, 0.2) is 5.96 Å². The molecule has 1 heterocycles. The van der Waals surface area contributed by atoms with Crippen molar-refractivity contribution in [2.24, 2.45) is 10.9 Å². The number of carbonyl (C=O) groups is 1. The third-order valence-corrected chi connectivity index (χ3v) is 5.13. The molecule has 1 aromatic carbocycles. The topological polar surface area (TPSA) is 74.8 Å². The van der Waals surface area contributed by atoms with Crippen LogP contribution in [0.2, 0.25) is 0 Å². The molecule has 0 spiro atoms. The van der Waals surface area contributed by atoms with Crippen molar-refractivity contribution in [3.8, 4) is 0 Å². The van der Waals surface area contributed by atoms with Crippen molar-refractivity contribution < 1.29 is 9.53 Å². The van der Waals surface area contributed by atoms with Gasteiger partial charge in [0.2, 0.25) is 5.91 Å². The molecule has 1 aliphatic heterocycles. The van der Waals surface area contributed by atoms with Gasteiger partial charge in [-0.1, -0.05) is 25.0 Å². The number of carbonyl (C=O) groups excluding carboxylic acids is 1. The van der Waals surface area contributed by atoms with Gasteiger partial charge in [-0.3, -0.25) is 9.79 Å². The molecule has 6 nitrogen and oxygen atoms in total. The Kier molecular flexibility index (Phi) is 6.89. The van der Waals surface area contributed by atoms with E-state index in [-0.39, 0.29) is 17.9 Å². The maximum absolute atomic E-state index is 12.3. The highest BCUT2D eigenvalue weighted by molar-refractivity contribution is 5.92. The van der Waals surface area contributed by atoms with Gasteiger partial charge in [-0.05, 0) is 43.4 Å². The van der Waals surface area contributed by atoms with E-state index >= 15 is 0 Å². The van der Waals surface area contributed by atoms with Gasteiger partial charge in [0.05, 0.1) is 6.10 Å². The molecule has 1 aliphatic carbocycles. The molecule has 1 amide bonds. The number of guanidine groups is 1. The van der Waals surface area contributed by atoms with Crippen molar-refractivity contribution in [3.63, 3.8) is 0 Å². The van der Waals surface area contributed by atoms with E-state index in [0.29, 0.717) is 6.54 Å². The Balaban J connectivity index is 1.47. The van der Waals surface area contributed by atoms with Crippen molar-refractivity contribution in [1.82, 2.24) is 10.6 Å². The van der Waals surface area contributed by atoms with Gasteiger partial charge >= 0.3 is 0 Å². The molecule has 3 N–H and O–H groups in total. The first-order valence-electron chi connectivity index (χ1n) is 9.70. The minimum atomic E-state index is 0.154. The Morgan fingerprint density at radius 3 is 2.77 bits per heavy atom. The standard InChI is InChI=1S/C20H30N4O2/c1-21-20(23-14-18-10-5-11-26-18)22-13-15-6-4-9-17(12-15)24-19(25)16-7-2-3-8-16/h4,6,9,12,16,18H,2-3,5,7-8,10-11,13-14H2,1H3,(H,24,25)(H2,21,22,23). The van der Waals surface area contributed by atoms with E-state index < -0.39 is 0 Å². The highest BCUT2D eigenvalue weighted by atomic mass is 16.5. The largest absolute Gasteiger partial charge is 0.376 e. The molecule has 1 unspecified atom stereocenters. The molecule has 26 heavy (non-hydrogen) atoms. The Morgan fingerprint density at radius 2 is 2.04 bits per heavy atom. The predicted molar refractivity (Wildman–Crippen MR) is 104 cm³/mol. The molecule has 2 fully saturated rings. The van der Waals surface area contributed by atoms with Crippen LogP contribution in [0, 0.1) is 5.92 Å². The quantitative estimate of drug-likeness (QED) is 0.540. The molecule has 3 rings (SSSR count). The van der Waals surface area contributed by atoms with Crippen LogP contribution >= 0.6 is 0 Å². The molecule has 1 aromatic rings. The molecular formula is C20H30N4O2. The SMILES string of the molecule is CN=C(NCc1cccc(NC(=O)C2CCCC2)c1)NCC1CCCO1. The summed E-state index contributed by atoms with van der Waals surface area (Å²) in [4.78, 5) is 16.5. The van der Waals surface area contributed by atoms with Crippen LogP contribution in [0.5, 0.6) is 0 Å². The normalized spacial score (nSPS) is 21.0. The van der Waals surface area contributed by atoms with Crippen LogP contribution in [0.1, 0.15) is 44.1 Å². The third-order valence-electron chi connectivity index (χ3n) is 5.13. The summed E-state index contributed by atoms with van der Waals surface area (Å²) in [6, 6.07) is 7.99. The maximum Gasteiger partial charge on any atom is 0.227 e. The summed E-state index contributed by atoms with van der Waals surface area (Å²) in [7, 11) is 1.77. The summed E-state index contributed by atoms with van der Waals surface area (Å²) in [5, 5.41) is 9.68. The fourth-order valence-electron chi connectivity index (χ4n) is 3.61. The van der Waals surface area contributed by atoms with Crippen molar-refractivity contribution in [1.29, 1.82) is 0 Å². The van der Waals surface area contributed by atoms with Crippen molar-refractivity contribution >= 4 is 17.6 Å². The first-order valence-corrected chi connectivity index (χ1v) is 9.70. The molecule has 6 heteroatoms. The molecule has 0 aromatic heterocycles. The lowest BCUT2D eigenvalue weighted by Gasteiger charge is -2.15. The number of amides is 1. The van der Waals surface area contributed by atoms with E-state index in [1.165, 1.54) is 12.8 Å². The van der Waals surface area contributed by atoms with Crippen LogP contribution in [0.4, 0.5) is 5.69 Å². The molecule has 142 valence electrons. The first kappa shape index (κ1) is 18.7. The summed E-state index contributed by atoms with van der Waals surface area (Å²) < 4.78 is 5.62. The zero-order valence-corrected chi connectivity index (χ0v) is 15.6. The Hall–Kier alpha value is -2.08. The molecule has 0 bridgehead atoms. The number of rotatable bonds is 6. The Morgan fingerprint density at radius 1 is 1.19 bits per heavy atom. The summed E-state index contributed by atoms with van der Waals surface area (Å²) in [6.07, 6.45) is 6.88.